The summed E-state index contributed by atoms with van der Waals surface area (Å²) in [7, 11) is -3.99. The number of amides is 3. The molecule has 1 fully saturated rings. The standard InChI is InChI=1S/C21H17F4N3O4S/c1-20(2)18(29)28(16-5-3-4-13(12-26)17(16)21(23,24)25)19(30)27(20)10-11-33(31,32)15-8-6-14(22)7-9-15/h3-9H,10-11H2,1-2H3. The molecular weight excluding hydrogens is 466 g/mol. The lowest BCUT2D eigenvalue weighted by molar-refractivity contribution is -0.137. The molecule has 1 aliphatic rings. The number of halogens is 4. The van der Waals surface area contributed by atoms with Crippen molar-refractivity contribution in [3.63, 3.8) is 0 Å². The van der Waals surface area contributed by atoms with Crippen LogP contribution in [0.2, 0.25) is 0 Å². The van der Waals surface area contributed by atoms with Crippen LogP contribution in [-0.2, 0) is 20.8 Å². The minimum atomic E-state index is -5.04. The summed E-state index contributed by atoms with van der Waals surface area (Å²) in [6.45, 7) is 2.05. The van der Waals surface area contributed by atoms with Crippen LogP contribution in [0.4, 0.5) is 28.0 Å². The normalized spacial score (nSPS) is 16.3. The number of carbonyl (C=O) groups is 2. The molecule has 0 spiro atoms. The third kappa shape index (κ3) is 4.28. The molecule has 174 valence electrons. The van der Waals surface area contributed by atoms with Crippen molar-refractivity contribution in [3.8, 4) is 6.07 Å². The topological polar surface area (TPSA) is 98.5 Å². The fourth-order valence-electron chi connectivity index (χ4n) is 3.51. The predicted octanol–water partition coefficient (Wildman–Crippen LogP) is 3.74. The molecular formula is C21H17F4N3O4S. The summed E-state index contributed by atoms with van der Waals surface area (Å²) in [6, 6.07) is 7.16. The maximum atomic E-state index is 13.7. The predicted molar refractivity (Wildman–Crippen MR) is 108 cm³/mol. The Morgan fingerprint density at radius 2 is 1.67 bits per heavy atom. The zero-order valence-electron chi connectivity index (χ0n) is 17.4. The fraction of sp³-hybridized carbons (Fsp3) is 0.286. The van der Waals surface area contributed by atoms with Gasteiger partial charge in [0, 0.05) is 6.54 Å². The van der Waals surface area contributed by atoms with Gasteiger partial charge < -0.3 is 4.90 Å². The van der Waals surface area contributed by atoms with Gasteiger partial charge in [-0.15, -0.1) is 0 Å². The molecule has 0 aliphatic carbocycles. The summed E-state index contributed by atoms with van der Waals surface area (Å²) in [4.78, 5) is 27.0. The van der Waals surface area contributed by atoms with Gasteiger partial charge in [0.15, 0.2) is 9.84 Å². The number of sulfone groups is 1. The van der Waals surface area contributed by atoms with Gasteiger partial charge in [-0.3, -0.25) is 4.79 Å². The van der Waals surface area contributed by atoms with E-state index in [9.17, 15) is 35.6 Å². The molecule has 1 aliphatic heterocycles. The summed E-state index contributed by atoms with van der Waals surface area (Å²) in [6.07, 6.45) is -5.04. The van der Waals surface area contributed by atoms with E-state index in [1.54, 1.807) is 0 Å². The minimum Gasteiger partial charge on any atom is -0.309 e. The van der Waals surface area contributed by atoms with Crippen molar-refractivity contribution < 1.29 is 35.6 Å². The Morgan fingerprint density at radius 3 is 2.21 bits per heavy atom. The van der Waals surface area contributed by atoms with E-state index in [1.807, 2.05) is 0 Å². The number of hydrogen-bond acceptors (Lipinski definition) is 5. The fourth-order valence-corrected chi connectivity index (χ4v) is 4.72. The molecule has 33 heavy (non-hydrogen) atoms. The van der Waals surface area contributed by atoms with Crippen LogP contribution in [0, 0.1) is 17.1 Å². The van der Waals surface area contributed by atoms with Crippen LogP contribution in [0.5, 0.6) is 0 Å². The average Bonchev–Trinajstić information content (AvgIpc) is 2.89. The van der Waals surface area contributed by atoms with Crippen LogP contribution in [0.3, 0.4) is 0 Å². The van der Waals surface area contributed by atoms with Gasteiger partial charge in [0.2, 0.25) is 0 Å². The molecule has 0 atom stereocenters. The first-order valence-corrected chi connectivity index (χ1v) is 11.1. The number of carbonyl (C=O) groups excluding carboxylic acids is 2. The second-order valence-electron chi connectivity index (χ2n) is 7.72. The third-order valence-corrected chi connectivity index (χ3v) is 6.98. The lowest BCUT2D eigenvalue weighted by Crippen LogP contribution is -2.46. The molecule has 3 rings (SSSR count). The summed E-state index contributed by atoms with van der Waals surface area (Å²) in [5.41, 5.74) is -4.68. The third-order valence-electron chi connectivity index (χ3n) is 5.27. The molecule has 2 aromatic rings. The highest BCUT2D eigenvalue weighted by Gasteiger charge is 2.54. The highest BCUT2D eigenvalue weighted by atomic mass is 32.2. The number of anilines is 1. The summed E-state index contributed by atoms with van der Waals surface area (Å²) < 4.78 is 79.3. The zero-order chi connectivity index (χ0) is 24.8. The van der Waals surface area contributed by atoms with Gasteiger partial charge >= 0.3 is 12.2 Å². The van der Waals surface area contributed by atoms with E-state index in [-0.39, 0.29) is 4.90 Å². The highest BCUT2D eigenvalue weighted by molar-refractivity contribution is 7.91. The molecule has 1 saturated heterocycles. The molecule has 0 aromatic heterocycles. The average molecular weight is 483 g/mol. The number of urea groups is 1. The van der Waals surface area contributed by atoms with Crippen molar-refractivity contribution in [2.45, 2.75) is 30.5 Å². The van der Waals surface area contributed by atoms with Gasteiger partial charge in [0.1, 0.15) is 11.4 Å². The second kappa shape index (κ2) is 8.15. The SMILES string of the molecule is CC1(C)C(=O)N(c2cccc(C#N)c2C(F)(F)F)C(=O)N1CCS(=O)(=O)c1ccc(F)cc1. The van der Waals surface area contributed by atoms with Crippen molar-refractivity contribution in [3.05, 3.63) is 59.4 Å². The monoisotopic (exact) mass is 483 g/mol. The van der Waals surface area contributed by atoms with Crippen LogP contribution >= 0.6 is 0 Å². The Morgan fingerprint density at radius 1 is 1.06 bits per heavy atom. The van der Waals surface area contributed by atoms with Crippen LogP contribution in [0.1, 0.15) is 25.0 Å². The number of nitrogens with zero attached hydrogens (tertiary/aromatic N) is 3. The van der Waals surface area contributed by atoms with E-state index in [0.717, 1.165) is 47.4 Å². The lowest BCUT2D eigenvalue weighted by Gasteiger charge is -2.27. The van der Waals surface area contributed by atoms with Crippen molar-refractivity contribution in [2.75, 3.05) is 17.2 Å². The largest absolute Gasteiger partial charge is 0.419 e. The van der Waals surface area contributed by atoms with Crippen LogP contribution in [0.15, 0.2) is 47.4 Å². The van der Waals surface area contributed by atoms with Crippen LogP contribution < -0.4 is 4.90 Å². The molecule has 0 saturated carbocycles. The van der Waals surface area contributed by atoms with E-state index in [1.165, 1.54) is 19.9 Å². The van der Waals surface area contributed by atoms with E-state index in [4.69, 9.17) is 5.26 Å². The number of alkyl halides is 3. The van der Waals surface area contributed by atoms with E-state index in [0.29, 0.717) is 4.90 Å². The Balaban J connectivity index is 1.98. The Hall–Kier alpha value is -3.46. The molecule has 0 bridgehead atoms. The second-order valence-corrected chi connectivity index (χ2v) is 9.82. The van der Waals surface area contributed by atoms with Crippen LogP contribution in [0.25, 0.3) is 0 Å². The summed E-state index contributed by atoms with van der Waals surface area (Å²) in [5, 5.41) is 9.10. The molecule has 2 aromatic carbocycles. The van der Waals surface area contributed by atoms with Crippen molar-refractivity contribution in [1.82, 2.24) is 4.90 Å². The van der Waals surface area contributed by atoms with Gasteiger partial charge in [-0.2, -0.15) is 18.4 Å². The summed E-state index contributed by atoms with van der Waals surface area (Å²) >= 11 is 0. The molecule has 12 heteroatoms. The van der Waals surface area contributed by atoms with Gasteiger partial charge in [-0.05, 0) is 50.2 Å². The smallest absolute Gasteiger partial charge is 0.309 e. The maximum Gasteiger partial charge on any atom is 0.419 e. The van der Waals surface area contributed by atoms with E-state index >= 15 is 0 Å². The Kier molecular flexibility index (Phi) is 5.97. The zero-order valence-corrected chi connectivity index (χ0v) is 18.2. The number of benzene rings is 2. The van der Waals surface area contributed by atoms with Crippen LogP contribution in [-0.4, -0.2) is 43.1 Å². The van der Waals surface area contributed by atoms with Crippen molar-refractivity contribution >= 4 is 27.5 Å². The van der Waals surface area contributed by atoms with E-state index < -0.39 is 68.4 Å². The molecule has 0 radical (unpaired) electrons. The number of hydrogen-bond donors (Lipinski definition) is 0. The minimum absolute atomic E-state index is 0.211. The van der Waals surface area contributed by atoms with Gasteiger partial charge in [0.05, 0.1) is 33.5 Å². The number of imide groups is 1. The van der Waals surface area contributed by atoms with Gasteiger partial charge in [0.25, 0.3) is 5.91 Å². The first-order chi connectivity index (χ1) is 15.2. The quantitative estimate of drug-likeness (QED) is 0.367. The number of nitriles is 1. The molecule has 0 unspecified atom stereocenters. The lowest BCUT2D eigenvalue weighted by atomic mass is 10.0. The molecule has 0 N–H and O–H groups in total. The van der Waals surface area contributed by atoms with Gasteiger partial charge in [-0.25, -0.2) is 22.5 Å². The van der Waals surface area contributed by atoms with Gasteiger partial charge in [-0.1, -0.05) is 6.07 Å². The molecule has 7 nitrogen and oxygen atoms in total. The Bertz CT molecular complexity index is 1270. The Labute approximate surface area is 186 Å². The van der Waals surface area contributed by atoms with Crippen molar-refractivity contribution in [1.29, 1.82) is 5.26 Å². The number of rotatable bonds is 5. The molecule has 1 heterocycles. The van der Waals surface area contributed by atoms with E-state index in [2.05, 4.69) is 0 Å². The van der Waals surface area contributed by atoms with Crippen molar-refractivity contribution in [2.24, 2.45) is 0 Å². The summed E-state index contributed by atoms with van der Waals surface area (Å²) in [5.74, 6) is -2.31. The maximum absolute atomic E-state index is 13.7. The highest BCUT2D eigenvalue weighted by Crippen LogP contribution is 2.42. The first-order valence-electron chi connectivity index (χ1n) is 9.46. The molecule has 3 amide bonds. The first kappa shape index (κ1) is 24.2.